The number of amides is 2. The maximum atomic E-state index is 13.4. The number of piperidine rings is 1. The second-order valence-electron chi connectivity index (χ2n) is 10.2. The second kappa shape index (κ2) is 9.72. The number of ether oxygens (including phenoxy) is 1. The van der Waals surface area contributed by atoms with Gasteiger partial charge in [0.05, 0.1) is 0 Å². The number of alkyl carbamates (subject to hydrolysis) is 1. The van der Waals surface area contributed by atoms with Crippen LogP contribution in [0.2, 0.25) is 0 Å². The summed E-state index contributed by atoms with van der Waals surface area (Å²) in [6.45, 7) is 2.57. The fourth-order valence-electron chi connectivity index (χ4n) is 5.53. The zero-order valence-corrected chi connectivity index (χ0v) is 20.0. The summed E-state index contributed by atoms with van der Waals surface area (Å²) in [6.07, 6.45) is 3.12. The van der Waals surface area contributed by atoms with E-state index in [0.29, 0.717) is 25.3 Å². The van der Waals surface area contributed by atoms with E-state index in [4.69, 9.17) is 4.74 Å². The quantitative estimate of drug-likeness (QED) is 0.617. The van der Waals surface area contributed by atoms with Crippen LogP contribution in [0.1, 0.15) is 56.1 Å². The minimum atomic E-state index is -0.990. The summed E-state index contributed by atoms with van der Waals surface area (Å²) >= 11 is 0. The molecule has 1 saturated heterocycles. The standard InChI is InChI=1S/C28H32N2O5/c1-17-12-13-30(25(14-17)27(32)33)26(31)24(15-18-10-11-18)29-28(34)35-16-23-21-8-4-2-6-19(21)20-7-3-5-9-22(20)23/h2-9,17-18,23-25H,10-16H2,1H3,(H,29,34)(H,32,33)/t17?,24-,25?/m0/s1. The van der Waals surface area contributed by atoms with Crippen molar-refractivity contribution in [2.24, 2.45) is 11.8 Å². The molecule has 2 aromatic carbocycles. The fraction of sp³-hybridized carbons (Fsp3) is 0.464. The van der Waals surface area contributed by atoms with Crippen molar-refractivity contribution >= 4 is 18.0 Å². The van der Waals surface area contributed by atoms with Crippen LogP contribution >= 0.6 is 0 Å². The zero-order valence-electron chi connectivity index (χ0n) is 20.0. The van der Waals surface area contributed by atoms with E-state index in [0.717, 1.165) is 41.5 Å². The number of carbonyl (C=O) groups excluding carboxylic acids is 2. The van der Waals surface area contributed by atoms with Gasteiger partial charge in [0.1, 0.15) is 18.7 Å². The van der Waals surface area contributed by atoms with Gasteiger partial charge >= 0.3 is 12.1 Å². The molecule has 2 N–H and O–H groups in total. The molecule has 0 bridgehead atoms. The molecule has 1 heterocycles. The maximum absolute atomic E-state index is 13.4. The minimum Gasteiger partial charge on any atom is -0.480 e. The number of nitrogens with zero attached hydrogens (tertiary/aromatic N) is 1. The molecule has 2 aromatic rings. The van der Waals surface area contributed by atoms with Gasteiger partial charge in [0.25, 0.3) is 0 Å². The molecule has 184 valence electrons. The molecular formula is C28H32N2O5. The first-order chi connectivity index (χ1) is 16.9. The van der Waals surface area contributed by atoms with E-state index in [1.54, 1.807) is 0 Å². The smallest absolute Gasteiger partial charge is 0.407 e. The first-order valence-electron chi connectivity index (χ1n) is 12.6. The van der Waals surface area contributed by atoms with Crippen LogP contribution in [0.4, 0.5) is 4.79 Å². The lowest BCUT2D eigenvalue weighted by atomic mass is 9.91. The first kappa shape index (κ1) is 23.4. The van der Waals surface area contributed by atoms with Crippen LogP contribution in [0.3, 0.4) is 0 Å². The van der Waals surface area contributed by atoms with E-state index in [1.165, 1.54) is 4.90 Å². The van der Waals surface area contributed by atoms with Gasteiger partial charge in [0.15, 0.2) is 0 Å². The molecule has 2 amide bonds. The van der Waals surface area contributed by atoms with Crippen LogP contribution in [0.25, 0.3) is 11.1 Å². The Labute approximate surface area is 205 Å². The highest BCUT2D eigenvalue weighted by Crippen LogP contribution is 2.44. The van der Waals surface area contributed by atoms with Crippen LogP contribution in [-0.2, 0) is 14.3 Å². The number of hydrogen-bond donors (Lipinski definition) is 2. The van der Waals surface area contributed by atoms with Crippen molar-refractivity contribution in [3.63, 3.8) is 0 Å². The predicted octanol–water partition coefficient (Wildman–Crippen LogP) is 4.41. The second-order valence-corrected chi connectivity index (χ2v) is 10.2. The van der Waals surface area contributed by atoms with Gasteiger partial charge in [-0.3, -0.25) is 4.79 Å². The van der Waals surface area contributed by atoms with Gasteiger partial charge in [-0.15, -0.1) is 0 Å². The third-order valence-corrected chi connectivity index (χ3v) is 7.63. The molecule has 3 aliphatic rings. The van der Waals surface area contributed by atoms with Crippen molar-refractivity contribution in [3.05, 3.63) is 59.7 Å². The van der Waals surface area contributed by atoms with Gasteiger partial charge in [-0.05, 0) is 53.4 Å². The maximum Gasteiger partial charge on any atom is 0.407 e. The molecule has 0 radical (unpaired) electrons. The molecule has 7 heteroatoms. The van der Waals surface area contributed by atoms with Gasteiger partial charge in [-0.2, -0.15) is 0 Å². The largest absolute Gasteiger partial charge is 0.480 e. The number of likely N-dealkylation sites (tertiary alicyclic amines) is 1. The van der Waals surface area contributed by atoms with Crippen LogP contribution in [0.5, 0.6) is 0 Å². The van der Waals surface area contributed by atoms with Crippen molar-refractivity contribution in [3.8, 4) is 11.1 Å². The van der Waals surface area contributed by atoms with E-state index in [1.807, 2.05) is 31.2 Å². The molecule has 2 unspecified atom stereocenters. The number of nitrogens with one attached hydrogen (secondary N) is 1. The lowest BCUT2D eigenvalue weighted by Crippen LogP contribution is -2.56. The average molecular weight is 477 g/mol. The minimum absolute atomic E-state index is 0.0642. The van der Waals surface area contributed by atoms with Crippen LogP contribution < -0.4 is 5.32 Å². The topological polar surface area (TPSA) is 95.9 Å². The van der Waals surface area contributed by atoms with E-state index in [-0.39, 0.29) is 24.3 Å². The van der Waals surface area contributed by atoms with E-state index in [2.05, 4.69) is 29.6 Å². The molecule has 0 spiro atoms. The summed E-state index contributed by atoms with van der Waals surface area (Å²) in [5, 5.41) is 12.5. The summed E-state index contributed by atoms with van der Waals surface area (Å²) in [6, 6.07) is 14.6. The van der Waals surface area contributed by atoms with Crippen molar-refractivity contribution in [2.45, 2.75) is 57.0 Å². The van der Waals surface area contributed by atoms with Crippen LogP contribution in [0, 0.1) is 11.8 Å². The Hall–Kier alpha value is -3.35. The summed E-state index contributed by atoms with van der Waals surface area (Å²) in [7, 11) is 0. The molecule has 1 saturated carbocycles. The van der Waals surface area contributed by atoms with E-state index >= 15 is 0 Å². The number of hydrogen-bond acceptors (Lipinski definition) is 4. The average Bonchev–Trinajstić information content (AvgIpc) is 3.62. The number of carboxylic acids is 1. The van der Waals surface area contributed by atoms with Gasteiger partial charge in [0.2, 0.25) is 5.91 Å². The van der Waals surface area contributed by atoms with Crippen molar-refractivity contribution in [2.75, 3.05) is 13.2 Å². The Morgan fingerprint density at radius 3 is 2.26 bits per heavy atom. The lowest BCUT2D eigenvalue weighted by molar-refractivity contribution is -0.154. The number of carbonyl (C=O) groups is 3. The fourth-order valence-corrected chi connectivity index (χ4v) is 5.53. The number of rotatable bonds is 7. The van der Waals surface area contributed by atoms with Gasteiger partial charge in [0, 0.05) is 12.5 Å². The molecule has 2 fully saturated rings. The molecule has 7 nitrogen and oxygen atoms in total. The molecule has 3 atom stereocenters. The van der Waals surface area contributed by atoms with Crippen LogP contribution in [-0.4, -0.2) is 53.2 Å². The molecule has 5 rings (SSSR count). The molecular weight excluding hydrogens is 444 g/mol. The van der Waals surface area contributed by atoms with E-state index < -0.39 is 24.1 Å². The molecule has 1 aliphatic heterocycles. The van der Waals surface area contributed by atoms with Gasteiger partial charge in [-0.1, -0.05) is 68.3 Å². The summed E-state index contributed by atoms with van der Waals surface area (Å²) in [4.78, 5) is 39.6. The first-order valence-corrected chi connectivity index (χ1v) is 12.6. The third-order valence-electron chi connectivity index (χ3n) is 7.63. The molecule has 0 aromatic heterocycles. The Morgan fingerprint density at radius 1 is 1.03 bits per heavy atom. The lowest BCUT2D eigenvalue weighted by Gasteiger charge is -2.38. The van der Waals surface area contributed by atoms with Gasteiger partial charge in [-0.25, -0.2) is 9.59 Å². The molecule has 2 aliphatic carbocycles. The van der Waals surface area contributed by atoms with Crippen LogP contribution in [0.15, 0.2) is 48.5 Å². The zero-order chi connectivity index (χ0) is 24.5. The normalized spacial score (nSPS) is 22.1. The number of carboxylic acid groups (broad SMARTS) is 1. The van der Waals surface area contributed by atoms with Gasteiger partial charge < -0.3 is 20.1 Å². The SMILES string of the molecule is CC1CCN(C(=O)[C@H](CC2CC2)NC(=O)OCC2c3ccccc3-c3ccccc32)C(C(=O)O)C1. The highest BCUT2D eigenvalue weighted by Gasteiger charge is 2.40. The summed E-state index contributed by atoms with van der Waals surface area (Å²) in [5.41, 5.74) is 4.55. The Balaban J connectivity index is 1.27. The summed E-state index contributed by atoms with van der Waals surface area (Å²) < 4.78 is 5.66. The Bertz CT molecular complexity index is 1080. The number of benzene rings is 2. The predicted molar refractivity (Wildman–Crippen MR) is 131 cm³/mol. The highest BCUT2D eigenvalue weighted by atomic mass is 16.5. The highest BCUT2D eigenvalue weighted by molar-refractivity contribution is 5.89. The molecule has 35 heavy (non-hydrogen) atoms. The Morgan fingerprint density at radius 2 is 1.66 bits per heavy atom. The number of fused-ring (bicyclic) bond motifs is 3. The van der Waals surface area contributed by atoms with Crippen molar-refractivity contribution < 1.29 is 24.2 Å². The van der Waals surface area contributed by atoms with Crippen molar-refractivity contribution in [1.82, 2.24) is 10.2 Å². The van der Waals surface area contributed by atoms with Crippen molar-refractivity contribution in [1.29, 1.82) is 0 Å². The van der Waals surface area contributed by atoms with E-state index in [9.17, 15) is 19.5 Å². The third kappa shape index (κ3) is 4.90. The number of aliphatic carboxylic acids is 1. The monoisotopic (exact) mass is 476 g/mol. The summed E-state index contributed by atoms with van der Waals surface area (Å²) in [5.74, 6) is -0.742. The Kier molecular flexibility index (Phi) is 6.50.